The van der Waals surface area contributed by atoms with Gasteiger partial charge >= 0.3 is 0 Å². The molecule has 17 rings (SSSR count). The summed E-state index contributed by atoms with van der Waals surface area (Å²) in [5.74, 6) is 3.00. The van der Waals surface area contributed by atoms with Gasteiger partial charge < -0.3 is 13.7 Å². The predicted octanol–water partition coefficient (Wildman–Crippen LogP) is 20.9. The maximum atomic E-state index is 5.92. The van der Waals surface area contributed by atoms with E-state index in [-0.39, 0.29) is 0 Å². The third-order valence-electron chi connectivity index (χ3n) is 18.2. The van der Waals surface area contributed by atoms with Crippen molar-refractivity contribution in [2.75, 3.05) is 0 Å². The average Bonchev–Trinajstić information content (AvgIpc) is 1.65. The van der Waals surface area contributed by atoms with Crippen molar-refractivity contribution in [2.24, 2.45) is 0 Å². The molecular weight excluding hydrogens is 1130 g/mol. The highest BCUT2D eigenvalue weighted by Crippen LogP contribution is 2.55. The number of aryl methyl sites for hydroxylation is 6. The molecule has 442 valence electrons. The van der Waals surface area contributed by atoms with Crippen LogP contribution in [-0.2, 0) is 0 Å². The van der Waals surface area contributed by atoms with Gasteiger partial charge in [0.1, 0.15) is 0 Å². The molecule has 0 bridgehead atoms. The van der Waals surface area contributed by atoms with Crippen molar-refractivity contribution in [3.8, 4) is 96.5 Å². The summed E-state index contributed by atoms with van der Waals surface area (Å²) in [5, 5.41) is 6.70. The van der Waals surface area contributed by atoms with Gasteiger partial charge in [-0.25, -0.2) is 29.9 Å². The summed E-state index contributed by atoms with van der Waals surface area (Å²) in [4.78, 5) is 34.6. The minimum absolute atomic E-state index is 0.454. The molecule has 0 saturated heterocycles. The molecule has 12 aromatic carbocycles. The van der Waals surface area contributed by atoms with Gasteiger partial charge in [0.25, 0.3) is 0 Å². The number of aromatic nitrogens is 9. The number of hydrogen-bond acceptors (Lipinski definition) is 6. The summed E-state index contributed by atoms with van der Waals surface area (Å²) in [6.07, 6.45) is 0. The molecule has 0 radical (unpaired) electrons. The lowest BCUT2D eigenvalue weighted by Gasteiger charge is -2.30. The van der Waals surface area contributed by atoms with E-state index >= 15 is 0 Å². The zero-order valence-corrected chi connectivity index (χ0v) is 52.4. The first-order valence-corrected chi connectivity index (χ1v) is 31.7. The highest BCUT2D eigenvalue weighted by atomic mass is 15.1. The monoisotopic (exact) mass is 1200 g/mol. The number of fused-ring (bicyclic) bond motifs is 9. The Labute approximate surface area is 538 Å². The van der Waals surface area contributed by atoms with Gasteiger partial charge in [0.15, 0.2) is 34.9 Å². The minimum atomic E-state index is 0.454. The van der Waals surface area contributed by atoms with Gasteiger partial charge in [0.2, 0.25) is 0 Å². The van der Waals surface area contributed by atoms with E-state index in [0.717, 1.165) is 160 Å². The highest BCUT2D eigenvalue weighted by molar-refractivity contribution is 6.18. The summed E-state index contributed by atoms with van der Waals surface area (Å²) in [6, 6.07) is 93.3. The normalized spacial score (nSPS) is 11.8. The van der Waals surface area contributed by atoms with E-state index in [1.54, 1.807) is 0 Å². The largest absolute Gasteiger partial charge is 0.308 e. The molecule has 0 aliphatic heterocycles. The summed E-state index contributed by atoms with van der Waals surface area (Å²) in [5.41, 5.74) is 22.2. The van der Waals surface area contributed by atoms with E-state index in [0.29, 0.717) is 34.9 Å². The van der Waals surface area contributed by atoms with Gasteiger partial charge in [-0.05, 0) is 120 Å². The lowest BCUT2D eigenvalue weighted by atomic mass is 9.89. The molecule has 5 heterocycles. The van der Waals surface area contributed by atoms with Crippen LogP contribution in [0, 0.1) is 41.5 Å². The van der Waals surface area contributed by atoms with Crippen molar-refractivity contribution < 1.29 is 0 Å². The maximum Gasteiger partial charge on any atom is 0.168 e. The van der Waals surface area contributed by atoms with Gasteiger partial charge in [-0.1, -0.05) is 221 Å². The first kappa shape index (κ1) is 55.2. The van der Waals surface area contributed by atoms with Crippen LogP contribution in [0.2, 0.25) is 0 Å². The molecule has 5 aromatic heterocycles. The van der Waals surface area contributed by atoms with Crippen molar-refractivity contribution in [3.05, 3.63) is 294 Å². The zero-order valence-electron chi connectivity index (χ0n) is 52.4. The molecule has 0 saturated carbocycles. The Morgan fingerprint density at radius 2 is 0.387 bits per heavy atom. The summed E-state index contributed by atoms with van der Waals surface area (Å²) in [7, 11) is 0. The number of hydrogen-bond donors (Lipinski definition) is 0. The molecule has 0 unspecified atom stereocenters. The van der Waals surface area contributed by atoms with E-state index < -0.39 is 0 Å². The Morgan fingerprint density at radius 3 is 0.613 bits per heavy atom. The Bertz CT molecular complexity index is 5280. The van der Waals surface area contributed by atoms with Crippen LogP contribution < -0.4 is 0 Å². The predicted molar refractivity (Wildman–Crippen MR) is 383 cm³/mol. The van der Waals surface area contributed by atoms with Crippen molar-refractivity contribution in [1.29, 1.82) is 0 Å². The second-order valence-corrected chi connectivity index (χ2v) is 24.7. The van der Waals surface area contributed by atoms with E-state index in [1.165, 1.54) is 0 Å². The third kappa shape index (κ3) is 9.22. The van der Waals surface area contributed by atoms with Crippen LogP contribution in [0.15, 0.2) is 261 Å². The molecule has 9 nitrogen and oxygen atoms in total. The van der Waals surface area contributed by atoms with Gasteiger partial charge in [-0.15, -0.1) is 0 Å². The van der Waals surface area contributed by atoms with Crippen LogP contribution in [0.25, 0.3) is 162 Å². The van der Waals surface area contributed by atoms with E-state index in [1.807, 2.05) is 72.8 Å². The SMILES string of the molecule is Cc1ccc2c(c1)c1cc(C)ccc1n2-c1c(-c2ccccc2)c(-n2c3ccc(C)cc3c3cc(C)ccc32)c(-c2nc(-c3ccccc3)nc(-c3ccccc3)n2)c(-n2c3ccc(C)cc3c3cc(C)ccc32)c1-c1nc(-c2ccccc2)nc(-c2ccccc2)n1. The Balaban J connectivity index is 1.24. The van der Waals surface area contributed by atoms with Gasteiger partial charge in [0, 0.05) is 60.1 Å². The van der Waals surface area contributed by atoms with Crippen molar-refractivity contribution >= 4 is 65.4 Å². The van der Waals surface area contributed by atoms with E-state index in [9.17, 15) is 0 Å². The maximum absolute atomic E-state index is 5.92. The smallest absolute Gasteiger partial charge is 0.168 e. The van der Waals surface area contributed by atoms with Gasteiger partial charge in [-0.2, -0.15) is 0 Å². The molecule has 0 fully saturated rings. The number of rotatable bonds is 10. The Morgan fingerprint density at radius 1 is 0.194 bits per heavy atom. The molecule has 93 heavy (non-hydrogen) atoms. The van der Waals surface area contributed by atoms with Crippen LogP contribution in [0.3, 0.4) is 0 Å². The lowest BCUT2D eigenvalue weighted by molar-refractivity contribution is 1.03. The zero-order chi connectivity index (χ0) is 62.6. The summed E-state index contributed by atoms with van der Waals surface area (Å²) in [6.45, 7) is 13.1. The topological polar surface area (TPSA) is 92.1 Å². The van der Waals surface area contributed by atoms with Crippen LogP contribution in [0.4, 0.5) is 0 Å². The first-order chi connectivity index (χ1) is 45.6. The van der Waals surface area contributed by atoms with Crippen LogP contribution in [-0.4, -0.2) is 43.6 Å². The molecule has 0 amide bonds. The van der Waals surface area contributed by atoms with Crippen LogP contribution in [0.5, 0.6) is 0 Å². The fourth-order valence-corrected chi connectivity index (χ4v) is 14.0. The number of nitrogens with zero attached hydrogens (tertiary/aromatic N) is 9. The second kappa shape index (κ2) is 21.9. The Kier molecular flexibility index (Phi) is 13.0. The van der Waals surface area contributed by atoms with E-state index in [2.05, 4.69) is 243 Å². The minimum Gasteiger partial charge on any atom is -0.308 e. The lowest BCUT2D eigenvalue weighted by Crippen LogP contribution is -2.15. The Hall–Kier alpha value is -11.9. The molecule has 0 atom stereocenters. The van der Waals surface area contributed by atoms with Gasteiger partial charge in [0.05, 0.1) is 61.3 Å². The summed E-state index contributed by atoms with van der Waals surface area (Å²) < 4.78 is 7.49. The molecule has 0 N–H and O–H groups in total. The van der Waals surface area contributed by atoms with E-state index in [4.69, 9.17) is 29.9 Å². The standard InChI is InChI=1S/C84H61N9/c1-50-32-38-67-61(44-50)62-45-51(2)33-39-68(62)91(67)76-73(56-22-12-7-13-23-56)77(92-69-40-34-52(3)46-63(69)64-47-53(4)35-41-70(64)92)75(84-89-81(59-28-18-10-19-29-59)86-82(90-84)60-30-20-11-21-31-60)78(93-71-42-36-54(5)48-65(71)66-49-55(6)37-43-72(66)93)74(76)83-87-79(57-24-14-8-15-25-57)85-80(88-83)58-26-16-9-17-27-58/h7-49H,1-6H3. The van der Waals surface area contributed by atoms with Crippen LogP contribution >= 0.6 is 0 Å². The molecule has 0 spiro atoms. The van der Waals surface area contributed by atoms with Crippen LogP contribution in [0.1, 0.15) is 33.4 Å². The third-order valence-corrected chi connectivity index (χ3v) is 18.2. The second-order valence-electron chi connectivity index (χ2n) is 24.7. The van der Waals surface area contributed by atoms with Crippen molar-refractivity contribution in [1.82, 2.24) is 43.6 Å². The van der Waals surface area contributed by atoms with Crippen molar-refractivity contribution in [2.45, 2.75) is 41.5 Å². The summed E-state index contributed by atoms with van der Waals surface area (Å²) >= 11 is 0. The molecule has 0 aliphatic carbocycles. The molecular formula is C84H61N9. The highest BCUT2D eigenvalue weighted by Gasteiger charge is 2.37. The molecule has 9 heteroatoms. The fourth-order valence-electron chi connectivity index (χ4n) is 14.0. The fraction of sp³-hybridized carbons (Fsp3) is 0.0714. The van der Waals surface area contributed by atoms with Gasteiger partial charge in [-0.3, -0.25) is 0 Å². The molecule has 0 aliphatic rings. The number of benzene rings is 12. The van der Waals surface area contributed by atoms with Crippen molar-refractivity contribution in [3.63, 3.8) is 0 Å². The average molecular weight is 1200 g/mol. The quantitative estimate of drug-likeness (QED) is 0.135. The molecule has 17 aromatic rings. The first-order valence-electron chi connectivity index (χ1n) is 31.7.